The van der Waals surface area contributed by atoms with Gasteiger partial charge in [-0.25, -0.2) is 0 Å². The molecule has 2 nitrogen and oxygen atoms in total. The van der Waals surface area contributed by atoms with Gasteiger partial charge in [0.2, 0.25) is 0 Å². The maximum Gasteiger partial charge on any atom is 0.0981 e. The number of nitrogens with one attached hydrogen (secondary N) is 1. The predicted octanol–water partition coefficient (Wildman–Crippen LogP) is 1.56. The number of rotatable bonds is 2. The largest absolute Gasteiger partial charge is 0.386 e. The maximum absolute atomic E-state index is 10.1. The maximum atomic E-state index is 10.1. The Bertz CT molecular complexity index is 346. The van der Waals surface area contributed by atoms with Crippen molar-refractivity contribution in [3.63, 3.8) is 0 Å². The van der Waals surface area contributed by atoms with E-state index >= 15 is 0 Å². The van der Waals surface area contributed by atoms with Crippen molar-refractivity contribution in [3.8, 4) is 0 Å². The SMILES string of the molecule is Cc1ccccc1C(O)C1C=CCN1. The Balaban J connectivity index is 2.22. The highest BCUT2D eigenvalue weighted by atomic mass is 16.3. The monoisotopic (exact) mass is 189 g/mol. The van der Waals surface area contributed by atoms with Gasteiger partial charge < -0.3 is 10.4 Å². The van der Waals surface area contributed by atoms with E-state index in [9.17, 15) is 5.11 Å². The van der Waals surface area contributed by atoms with Crippen molar-refractivity contribution >= 4 is 0 Å². The molecule has 0 fully saturated rings. The molecule has 2 rings (SSSR count). The van der Waals surface area contributed by atoms with Crippen molar-refractivity contribution in [1.82, 2.24) is 5.32 Å². The van der Waals surface area contributed by atoms with Gasteiger partial charge in [-0.3, -0.25) is 0 Å². The highest BCUT2D eigenvalue weighted by Crippen LogP contribution is 2.22. The van der Waals surface area contributed by atoms with Crippen LogP contribution in [0.25, 0.3) is 0 Å². The predicted molar refractivity (Wildman–Crippen MR) is 57.1 cm³/mol. The van der Waals surface area contributed by atoms with Crippen LogP contribution in [0.1, 0.15) is 17.2 Å². The Labute approximate surface area is 84.3 Å². The molecule has 1 aliphatic rings. The Morgan fingerprint density at radius 2 is 2.21 bits per heavy atom. The average Bonchev–Trinajstić information content (AvgIpc) is 2.70. The van der Waals surface area contributed by atoms with Crippen LogP contribution in [0.3, 0.4) is 0 Å². The van der Waals surface area contributed by atoms with Gasteiger partial charge in [0.15, 0.2) is 0 Å². The summed E-state index contributed by atoms with van der Waals surface area (Å²) in [6.07, 6.45) is 3.64. The van der Waals surface area contributed by atoms with Gasteiger partial charge in [0, 0.05) is 6.54 Å². The number of aryl methyl sites for hydroxylation is 1. The molecule has 0 saturated heterocycles. The zero-order chi connectivity index (χ0) is 9.97. The molecule has 0 bridgehead atoms. The molecule has 0 radical (unpaired) electrons. The molecule has 1 aromatic rings. The van der Waals surface area contributed by atoms with Crippen LogP contribution in [0.15, 0.2) is 36.4 Å². The Morgan fingerprint density at radius 1 is 1.43 bits per heavy atom. The van der Waals surface area contributed by atoms with Crippen LogP contribution in [0, 0.1) is 6.92 Å². The van der Waals surface area contributed by atoms with E-state index in [4.69, 9.17) is 0 Å². The summed E-state index contributed by atoms with van der Waals surface area (Å²) < 4.78 is 0. The normalized spacial score (nSPS) is 22.6. The van der Waals surface area contributed by atoms with Crippen LogP contribution in [0.4, 0.5) is 0 Å². The van der Waals surface area contributed by atoms with E-state index in [0.717, 1.165) is 17.7 Å². The van der Waals surface area contributed by atoms with Gasteiger partial charge in [0.1, 0.15) is 0 Å². The van der Waals surface area contributed by atoms with Crippen LogP contribution in [-0.2, 0) is 0 Å². The second-order valence-corrected chi connectivity index (χ2v) is 3.66. The van der Waals surface area contributed by atoms with Gasteiger partial charge in [0.05, 0.1) is 12.1 Å². The Hall–Kier alpha value is -1.12. The fourth-order valence-corrected chi connectivity index (χ4v) is 1.82. The van der Waals surface area contributed by atoms with Crippen molar-refractivity contribution in [2.24, 2.45) is 0 Å². The molecule has 14 heavy (non-hydrogen) atoms. The topological polar surface area (TPSA) is 32.3 Å². The van der Waals surface area contributed by atoms with Crippen molar-refractivity contribution in [3.05, 3.63) is 47.5 Å². The molecule has 0 aliphatic carbocycles. The first-order chi connectivity index (χ1) is 6.79. The number of benzene rings is 1. The standard InChI is InChI=1S/C12H15NO/c1-9-5-2-3-6-10(9)12(14)11-7-4-8-13-11/h2-7,11-14H,8H2,1H3. The summed E-state index contributed by atoms with van der Waals surface area (Å²) in [5.74, 6) is 0. The lowest BCUT2D eigenvalue weighted by atomic mass is 9.98. The van der Waals surface area contributed by atoms with Gasteiger partial charge in [-0.2, -0.15) is 0 Å². The van der Waals surface area contributed by atoms with Gasteiger partial charge in [-0.05, 0) is 18.1 Å². The summed E-state index contributed by atoms with van der Waals surface area (Å²) >= 11 is 0. The van der Waals surface area contributed by atoms with E-state index in [1.54, 1.807) is 0 Å². The summed E-state index contributed by atoms with van der Waals surface area (Å²) in [6.45, 7) is 2.88. The first-order valence-electron chi connectivity index (χ1n) is 4.92. The number of hydrogen-bond acceptors (Lipinski definition) is 2. The molecule has 2 heteroatoms. The minimum Gasteiger partial charge on any atom is -0.386 e. The first-order valence-corrected chi connectivity index (χ1v) is 4.92. The second kappa shape index (κ2) is 3.95. The second-order valence-electron chi connectivity index (χ2n) is 3.66. The minimum absolute atomic E-state index is 0.0658. The Morgan fingerprint density at radius 3 is 2.86 bits per heavy atom. The molecule has 0 aromatic heterocycles. The molecule has 2 unspecified atom stereocenters. The van der Waals surface area contributed by atoms with Gasteiger partial charge in [-0.15, -0.1) is 0 Å². The molecule has 0 saturated carbocycles. The summed E-state index contributed by atoms with van der Waals surface area (Å²) in [4.78, 5) is 0. The number of aliphatic hydroxyl groups excluding tert-OH is 1. The molecule has 0 amide bonds. The van der Waals surface area contributed by atoms with E-state index in [2.05, 4.69) is 5.32 Å². The molecule has 1 heterocycles. The minimum atomic E-state index is -0.435. The van der Waals surface area contributed by atoms with Crippen molar-refractivity contribution in [2.75, 3.05) is 6.54 Å². The highest BCUT2D eigenvalue weighted by molar-refractivity contribution is 5.30. The molecule has 1 aliphatic heterocycles. The lowest BCUT2D eigenvalue weighted by Crippen LogP contribution is -2.29. The van der Waals surface area contributed by atoms with Crippen LogP contribution < -0.4 is 5.32 Å². The lowest BCUT2D eigenvalue weighted by molar-refractivity contribution is 0.152. The van der Waals surface area contributed by atoms with E-state index in [1.807, 2.05) is 43.3 Å². The highest BCUT2D eigenvalue weighted by Gasteiger charge is 2.20. The van der Waals surface area contributed by atoms with E-state index in [1.165, 1.54) is 0 Å². The van der Waals surface area contributed by atoms with E-state index < -0.39 is 6.10 Å². The van der Waals surface area contributed by atoms with Gasteiger partial charge in [-0.1, -0.05) is 36.4 Å². The van der Waals surface area contributed by atoms with Crippen LogP contribution >= 0.6 is 0 Å². The number of aliphatic hydroxyl groups is 1. The van der Waals surface area contributed by atoms with Crippen LogP contribution in [0.2, 0.25) is 0 Å². The van der Waals surface area contributed by atoms with E-state index in [0.29, 0.717) is 0 Å². The quantitative estimate of drug-likeness (QED) is 0.692. The summed E-state index contributed by atoms with van der Waals surface area (Å²) in [6, 6.07) is 8.02. The number of hydrogen-bond donors (Lipinski definition) is 2. The van der Waals surface area contributed by atoms with Crippen molar-refractivity contribution in [1.29, 1.82) is 0 Å². The van der Waals surface area contributed by atoms with E-state index in [-0.39, 0.29) is 6.04 Å². The van der Waals surface area contributed by atoms with Crippen molar-refractivity contribution < 1.29 is 5.11 Å². The summed E-state index contributed by atoms with van der Waals surface area (Å²) in [5, 5.41) is 13.3. The fourth-order valence-electron chi connectivity index (χ4n) is 1.82. The molecule has 2 atom stereocenters. The van der Waals surface area contributed by atoms with Crippen LogP contribution in [-0.4, -0.2) is 17.7 Å². The zero-order valence-corrected chi connectivity index (χ0v) is 8.27. The third-order valence-electron chi connectivity index (χ3n) is 2.66. The molecule has 74 valence electrons. The summed E-state index contributed by atoms with van der Waals surface area (Å²) in [7, 11) is 0. The van der Waals surface area contributed by atoms with Gasteiger partial charge >= 0.3 is 0 Å². The van der Waals surface area contributed by atoms with Crippen LogP contribution in [0.5, 0.6) is 0 Å². The van der Waals surface area contributed by atoms with Gasteiger partial charge in [0.25, 0.3) is 0 Å². The summed E-state index contributed by atoms with van der Waals surface area (Å²) in [5.41, 5.74) is 2.15. The first kappa shape index (κ1) is 9.44. The third-order valence-corrected chi connectivity index (χ3v) is 2.66. The van der Waals surface area contributed by atoms with Crippen molar-refractivity contribution in [2.45, 2.75) is 19.1 Å². The third kappa shape index (κ3) is 1.72. The smallest absolute Gasteiger partial charge is 0.0981 e. The molecule has 0 spiro atoms. The fraction of sp³-hybridized carbons (Fsp3) is 0.333. The molecule has 1 aromatic carbocycles. The molecular formula is C12H15NO. The zero-order valence-electron chi connectivity index (χ0n) is 8.27. The molecular weight excluding hydrogens is 174 g/mol. The molecule has 2 N–H and O–H groups in total. The lowest BCUT2D eigenvalue weighted by Gasteiger charge is -2.19. The average molecular weight is 189 g/mol. The Kier molecular flexibility index (Phi) is 2.66.